The zero-order valence-electron chi connectivity index (χ0n) is 20.7. The molecule has 0 saturated heterocycles. The summed E-state index contributed by atoms with van der Waals surface area (Å²) in [6.45, 7) is 6.08. The molecule has 0 saturated carbocycles. The van der Waals surface area contributed by atoms with Gasteiger partial charge in [0.15, 0.2) is 0 Å². The summed E-state index contributed by atoms with van der Waals surface area (Å²) in [4.78, 5) is 17.2. The number of fused-ring (bicyclic) bond motifs is 1. The number of aryl methyl sites for hydroxylation is 3. The topological polar surface area (TPSA) is 101 Å². The number of H-pyrrole nitrogens is 1. The van der Waals surface area contributed by atoms with Gasteiger partial charge in [-0.05, 0) is 87.0 Å². The van der Waals surface area contributed by atoms with Crippen LogP contribution in [-0.4, -0.2) is 30.9 Å². The van der Waals surface area contributed by atoms with Crippen LogP contribution in [0, 0.1) is 19.7 Å². The van der Waals surface area contributed by atoms with Gasteiger partial charge in [0.05, 0.1) is 28.3 Å². The SMILES string of the molecule is CCn1nc(C)cc1C(=O)Nc1cc(Nc2ccc3c(C=Cc4ccccn4)n[nH]c3c2)c(F)cc1C. The number of aromatic nitrogens is 5. The lowest BCUT2D eigenvalue weighted by atomic mass is 10.1. The Kier molecular flexibility index (Phi) is 6.51. The van der Waals surface area contributed by atoms with Crippen molar-refractivity contribution in [3.8, 4) is 0 Å². The molecule has 0 unspecified atom stereocenters. The molecular formula is C28H26FN7O. The van der Waals surface area contributed by atoms with Crippen molar-refractivity contribution in [1.29, 1.82) is 0 Å². The van der Waals surface area contributed by atoms with Crippen molar-refractivity contribution in [2.24, 2.45) is 0 Å². The summed E-state index contributed by atoms with van der Waals surface area (Å²) in [5.74, 6) is -0.720. The molecule has 5 rings (SSSR count). The Balaban J connectivity index is 1.37. The molecule has 0 aliphatic rings. The second-order valence-electron chi connectivity index (χ2n) is 8.67. The number of hydrogen-bond donors (Lipinski definition) is 3. The van der Waals surface area contributed by atoms with Gasteiger partial charge in [-0.25, -0.2) is 4.39 Å². The van der Waals surface area contributed by atoms with E-state index < -0.39 is 5.82 Å². The molecule has 0 aliphatic heterocycles. The molecule has 1 amide bonds. The van der Waals surface area contributed by atoms with Crippen LogP contribution in [0.3, 0.4) is 0 Å². The number of amides is 1. The lowest BCUT2D eigenvalue weighted by Crippen LogP contribution is -2.18. The van der Waals surface area contributed by atoms with E-state index in [1.54, 1.807) is 29.9 Å². The number of pyridine rings is 1. The number of nitrogens with zero attached hydrogens (tertiary/aromatic N) is 4. The zero-order valence-corrected chi connectivity index (χ0v) is 20.7. The smallest absolute Gasteiger partial charge is 0.273 e. The minimum absolute atomic E-state index is 0.246. The Morgan fingerprint density at radius 1 is 1.08 bits per heavy atom. The summed E-state index contributed by atoms with van der Waals surface area (Å²) in [5.41, 5.74) is 5.68. The number of nitrogens with one attached hydrogen (secondary N) is 3. The molecule has 0 spiro atoms. The van der Waals surface area contributed by atoms with Crippen LogP contribution in [0.5, 0.6) is 0 Å². The Labute approximate surface area is 213 Å². The molecule has 186 valence electrons. The average molecular weight is 496 g/mol. The van der Waals surface area contributed by atoms with Crippen molar-refractivity contribution in [3.05, 3.63) is 95.0 Å². The largest absolute Gasteiger partial charge is 0.353 e. The Bertz CT molecular complexity index is 1620. The number of halogens is 1. The number of benzene rings is 2. The highest BCUT2D eigenvalue weighted by Crippen LogP contribution is 2.29. The van der Waals surface area contributed by atoms with E-state index in [0.29, 0.717) is 29.2 Å². The van der Waals surface area contributed by atoms with Crippen LogP contribution in [0.2, 0.25) is 0 Å². The first-order chi connectivity index (χ1) is 17.9. The van der Waals surface area contributed by atoms with E-state index in [2.05, 4.69) is 30.9 Å². The Morgan fingerprint density at radius 2 is 1.95 bits per heavy atom. The molecule has 0 fully saturated rings. The normalized spacial score (nSPS) is 11.4. The third-order valence-corrected chi connectivity index (χ3v) is 5.97. The van der Waals surface area contributed by atoms with E-state index in [1.165, 1.54) is 6.07 Å². The van der Waals surface area contributed by atoms with Crippen molar-refractivity contribution in [1.82, 2.24) is 25.0 Å². The van der Waals surface area contributed by atoms with Crippen LogP contribution < -0.4 is 10.6 Å². The second-order valence-corrected chi connectivity index (χ2v) is 8.67. The van der Waals surface area contributed by atoms with E-state index in [4.69, 9.17) is 0 Å². The monoisotopic (exact) mass is 495 g/mol. The van der Waals surface area contributed by atoms with Gasteiger partial charge in [0, 0.05) is 29.5 Å². The number of carbonyl (C=O) groups is 1. The molecule has 0 bridgehead atoms. The molecule has 0 radical (unpaired) electrons. The number of carbonyl (C=O) groups excluding carboxylic acids is 1. The first kappa shape index (κ1) is 23.9. The van der Waals surface area contributed by atoms with Gasteiger partial charge in [0.25, 0.3) is 5.91 Å². The molecule has 3 aromatic heterocycles. The summed E-state index contributed by atoms with van der Waals surface area (Å²) >= 11 is 0. The highest BCUT2D eigenvalue weighted by Gasteiger charge is 2.16. The third kappa shape index (κ3) is 5.11. The number of rotatable bonds is 7. The molecule has 8 nitrogen and oxygen atoms in total. The summed E-state index contributed by atoms with van der Waals surface area (Å²) in [6.07, 6.45) is 5.53. The lowest BCUT2D eigenvalue weighted by Gasteiger charge is -2.14. The molecular weight excluding hydrogens is 469 g/mol. The predicted octanol–water partition coefficient (Wildman–Crippen LogP) is 6.10. The van der Waals surface area contributed by atoms with Crippen LogP contribution in [0.4, 0.5) is 21.5 Å². The van der Waals surface area contributed by atoms with Crippen LogP contribution >= 0.6 is 0 Å². The standard InChI is InChI=1S/C28H26FN7O/c1-4-36-27(14-18(3)35-36)28(37)32-24-16-26(22(29)13-17(24)2)31-20-8-10-21-23(33-34-25(21)15-20)11-9-19-7-5-6-12-30-19/h5-16,31H,4H2,1-3H3,(H,32,37)(H,33,34). The van der Waals surface area contributed by atoms with Gasteiger partial charge in [-0.1, -0.05) is 6.07 Å². The minimum Gasteiger partial charge on any atom is -0.353 e. The molecule has 5 aromatic rings. The molecule has 3 heterocycles. The van der Waals surface area contributed by atoms with Gasteiger partial charge in [-0.2, -0.15) is 10.2 Å². The molecule has 2 aromatic carbocycles. The molecule has 0 atom stereocenters. The van der Waals surface area contributed by atoms with E-state index in [9.17, 15) is 9.18 Å². The summed E-state index contributed by atoms with van der Waals surface area (Å²) in [5, 5.41) is 18.7. The summed E-state index contributed by atoms with van der Waals surface area (Å²) in [7, 11) is 0. The van der Waals surface area contributed by atoms with Gasteiger partial charge in [-0.15, -0.1) is 0 Å². The molecule has 0 aliphatic carbocycles. The molecule has 37 heavy (non-hydrogen) atoms. The van der Waals surface area contributed by atoms with Crippen LogP contribution in [-0.2, 0) is 6.54 Å². The first-order valence-corrected chi connectivity index (χ1v) is 11.9. The van der Waals surface area contributed by atoms with E-state index in [1.807, 2.05) is 62.4 Å². The third-order valence-electron chi connectivity index (χ3n) is 5.97. The Morgan fingerprint density at radius 3 is 2.73 bits per heavy atom. The predicted molar refractivity (Wildman–Crippen MR) is 144 cm³/mol. The van der Waals surface area contributed by atoms with Crippen LogP contribution in [0.1, 0.15) is 40.1 Å². The molecule has 9 heteroatoms. The maximum absolute atomic E-state index is 14.9. The van der Waals surface area contributed by atoms with Crippen molar-refractivity contribution in [2.75, 3.05) is 10.6 Å². The van der Waals surface area contributed by atoms with Gasteiger partial charge < -0.3 is 10.6 Å². The summed E-state index contributed by atoms with van der Waals surface area (Å²) in [6, 6.07) is 16.1. The van der Waals surface area contributed by atoms with E-state index >= 15 is 0 Å². The van der Waals surface area contributed by atoms with Crippen molar-refractivity contribution >= 4 is 46.0 Å². The van der Waals surface area contributed by atoms with Gasteiger partial charge in [-0.3, -0.25) is 19.6 Å². The van der Waals surface area contributed by atoms with Crippen LogP contribution in [0.15, 0.2) is 60.8 Å². The maximum atomic E-state index is 14.9. The van der Waals surface area contributed by atoms with Crippen molar-refractivity contribution in [3.63, 3.8) is 0 Å². The lowest BCUT2D eigenvalue weighted by molar-refractivity contribution is 0.101. The second kappa shape index (κ2) is 10.1. The number of anilines is 3. The van der Waals surface area contributed by atoms with Crippen molar-refractivity contribution in [2.45, 2.75) is 27.3 Å². The summed E-state index contributed by atoms with van der Waals surface area (Å²) < 4.78 is 16.5. The molecule has 3 N–H and O–H groups in total. The zero-order chi connectivity index (χ0) is 25.9. The van der Waals surface area contributed by atoms with Crippen molar-refractivity contribution < 1.29 is 9.18 Å². The van der Waals surface area contributed by atoms with Gasteiger partial charge >= 0.3 is 0 Å². The van der Waals surface area contributed by atoms with Crippen LogP contribution in [0.25, 0.3) is 23.1 Å². The first-order valence-electron chi connectivity index (χ1n) is 11.9. The number of hydrogen-bond acceptors (Lipinski definition) is 5. The average Bonchev–Trinajstić information content (AvgIpc) is 3.48. The quantitative estimate of drug-likeness (QED) is 0.253. The highest BCUT2D eigenvalue weighted by molar-refractivity contribution is 6.04. The Hall–Kier alpha value is -4.79. The van der Waals surface area contributed by atoms with E-state index in [-0.39, 0.29) is 11.6 Å². The highest BCUT2D eigenvalue weighted by atomic mass is 19.1. The fourth-order valence-corrected chi connectivity index (χ4v) is 4.10. The van der Waals surface area contributed by atoms with E-state index in [0.717, 1.165) is 28.0 Å². The minimum atomic E-state index is -0.423. The fourth-order valence-electron chi connectivity index (χ4n) is 4.10. The van der Waals surface area contributed by atoms with Gasteiger partial charge in [0.1, 0.15) is 11.5 Å². The van der Waals surface area contributed by atoms with Gasteiger partial charge in [0.2, 0.25) is 0 Å². The fraction of sp³-hybridized carbons (Fsp3) is 0.143. The maximum Gasteiger partial charge on any atom is 0.273 e. The number of aromatic amines is 1.